The molecular formula is C5H5NO. The fourth-order valence-corrected chi connectivity index (χ4v) is 0.117. The Hall–Kier alpha value is -1.12. The normalized spacial score (nSPS) is 4.29. The minimum absolute atomic E-state index is 1.69. The molecule has 0 aliphatic heterocycles. The van der Waals surface area contributed by atoms with Crippen LogP contribution in [0.25, 0.3) is 0 Å². The number of hydrogen-bond acceptors (Lipinski definition) is 2. The molecule has 0 spiro atoms. The number of nitrogens with two attached hydrogens (primary N) is 1. The summed E-state index contributed by atoms with van der Waals surface area (Å²) in [6, 6.07) is 0. The van der Waals surface area contributed by atoms with Crippen LogP contribution in [0.15, 0.2) is 0 Å². The smallest absolute Gasteiger partial charge is 0.151 e. The molecule has 0 unspecified atom stereocenters. The van der Waals surface area contributed by atoms with Crippen LogP contribution in [0, 0.1) is 23.9 Å². The van der Waals surface area contributed by atoms with Gasteiger partial charge in [0.15, 0.2) is 6.11 Å². The van der Waals surface area contributed by atoms with Gasteiger partial charge in [-0.15, -0.1) is 0 Å². The quantitative estimate of drug-likeness (QED) is 0.336. The Morgan fingerprint density at radius 1 is 1.43 bits per heavy atom. The van der Waals surface area contributed by atoms with E-state index >= 15 is 0 Å². The maximum Gasteiger partial charge on any atom is 0.151 e. The van der Waals surface area contributed by atoms with Crippen molar-refractivity contribution in [1.29, 1.82) is 0 Å². The van der Waals surface area contributed by atoms with Crippen LogP contribution in [-0.2, 0) is 4.84 Å². The van der Waals surface area contributed by atoms with E-state index in [0.717, 1.165) is 0 Å². The lowest BCUT2D eigenvalue weighted by molar-refractivity contribution is 0.292. The van der Waals surface area contributed by atoms with Crippen LogP contribution in [0.1, 0.15) is 6.92 Å². The molecule has 0 heterocycles. The topological polar surface area (TPSA) is 35.2 Å². The van der Waals surface area contributed by atoms with Gasteiger partial charge >= 0.3 is 0 Å². The standard InChI is InChI=1S/C5H5NO/c1-2-3-4-5-7-6/h6H2,1H3. The van der Waals surface area contributed by atoms with Gasteiger partial charge in [0.25, 0.3) is 0 Å². The molecule has 0 saturated carbocycles. The van der Waals surface area contributed by atoms with Gasteiger partial charge in [-0.3, -0.25) is 0 Å². The largest absolute Gasteiger partial charge is 0.358 e. The fraction of sp³-hybridized carbons (Fsp3) is 0.200. The molecule has 0 fully saturated rings. The van der Waals surface area contributed by atoms with Gasteiger partial charge in [-0.25, -0.2) is 0 Å². The molecule has 0 saturated heterocycles. The van der Waals surface area contributed by atoms with E-state index in [1.54, 1.807) is 6.92 Å². The molecule has 0 amide bonds. The maximum absolute atomic E-state index is 4.53. The van der Waals surface area contributed by atoms with Gasteiger partial charge in [0.1, 0.15) is 0 Å². The maximum atomic E-state index is 4.53. The summed E-state index contributed by atoms with van der Waals surface area (Å²) < 4.78 is 0. The number of hydrogen-bond donors (Lipinski definition) is 1. The van der Waals surface area contributed by atoms with Crippen molar-refractivity contribution >= 4 is 0 Å². The summed E-state index contributed by atoms with van der Waals surface area (Å²) in [5, 5.41) is 0. The second-order valence-electron chi connectivity index (χ2n) is 0.720. The van der Waals surface area contributed by atoms with Crippen LogP contribution in [0.4, 0.5) is 0 Å². The Morgan fingerprint density at radius 2 is 2.14 bits per heavy atom. The van der Waals surface area contributed by atoms with E-state index < -0.39 is 0 Å². The van der Waals surface area contributed by atoms with E-state index in [1.165, 1.54) is 0 Å². The number of rotatable bonds is 0. The first kappa shape index (κ1) is 5.88. The average molecular weight is 95.1 g/mol. The first-order valence-electron chi connectivity index (χ1n) is 1.69. The molecule has 0 rings (SSSR count). The molecule has 0 aromatic rings. The summed E-state index contributed by atoms with van der Waals surface area (Å²) in [6.07, 6.45) is 2.10. The predicted molar refractivity (Wildman–Crippen MR) is 26.5 cm³/mol. The van der Waals surface area contributed by atoms with Gasteiger partial charge in [0.05, 0.1) is 0 Å². The van der Waals surface area contributed by atoms with Gasteiger partial charge in [0.2, 0.25) is 0 Å². The van der Waals surface area contributed by atoms with E-state index in [4.69, 9.17) is 0 Å². The highest BCUT2D eigenvalue weighted by Gasteiger charge is 1.50. The van der Waals surface area contributed by atoms with Crippen molar-refractivity contribution in [3.05, 3.63) is 0 Å². The predicted octanol–water partition coefficient (Wildman–Crippen LogP) is -0.139. The Bertz CT molecular complexity index is 141. The van der Waals surface area contributed by atoms with Crippen LogP contribution in [0.5, 0.6) is 0 Å². The molecule has 2 heteroatoms. The van der Waals surface area contributed by atoms with E-state index in [-0.39, 0.29) is 0 Å². The van der Waals surface area contributed by atoms with Crippen molar-refractivity contribution in [3.63, 3.8) is 0 Å². The average Bonchev–Trinajstić information content (AvgIpc) is 1.69. The summed E-state index contributed by atoms with van der Waals surface area (Å²) in [5.41, 5.74) is 0. The van der Waals surface area contributed by atoms with Gasteiger partial charge in [-0.05, 0) is 12.8 Å². The summed E-state index contributed by atoms with van der Waals surface area (Å²) in [4.78, 5) is 3.88. The fourth-order valence-electron chi connectivity index (χ4n) is 0.117. The minimum Gasteiger partial charge on any atom is -0.358 e. The molecule has 0 aliphatic rings. The Kier molecular flexibility index (Phi) is 4.10. The lowest BCUT2D eigenvalue weighted by Gasteiger charge is -1.68. The van der Waals surface area contributed by atoms with Crippen molar-refractivity contribution in [2.75, 3.05) is 0 Å². The van der Waals surface area contributed by atoms with Crippen LogP contribution < -0.4 is 5.90 Å². The molecule has 2 N–H and O–H groups in total. The molecule has 7 heavy (non-hydrogen) atoms. The summed E-state index contributed by atoms with van der Waals surface area (Å²) in [5.74, 6) is 11.8. The first-order chi connectivity index (χ1) is 3.41. The molecule has 36 valence electrons. The monoisotopic (exact) mass is 95.0 g/mol. The van der Waals surface area contributed by atoms with Crippen LogP contribution in [0.3, 0.4) is 0 Å². The van der Waals surface area contributed by atoms with Crippen molar-refractivity contribution < 1.29 is 4.84 Å². The van der Waals surface area contributed by atoms with Gasteiger partial charge < -0.3 is 4.84 Å². The van der Waals surface area contributed by atoms with Crippen molar-refractivity contribution in [3.8, 4) is 23.9 Å². The molecule has 0 bridgehead atoms. The Labute approximate surface area is 42.6 Å². The Balaban J connectivity index is 3.39. The molecule has 0 radical (unpaired) electrons. The van der Waals surface area contributed by atoms with E-state index in [2.05, 4.69) is 34.6 Å². The SMILES string of the molecule is CC#CC#CON. The zero-order valence-corrected chi connectivity index (χ0v) is 3.99. The third kappa shape index (κ3) is 4.88. The van der Waals surface area contributed by atoms with Gasteiger partial charge in [-0.2, -0.15) is 5.90 Å². The van der Waals surface area contributed by atoms with E-state index in [9.17, 15) is 0 Å². The summed E-state index contributed by atoms with van der Waals surface area (Å²) >= 11 is 0. The molecule has 0 atom stereocenters. The zero-order chi connectivity index (χ0) is 5.54. The third-order valence-electron chi connectivity index (χ3n) is 0.297. The van der Waals surface area contributed by atoms with E-state index in [1.807, 2.05) is 0 Å². The molecule has 0 aromatic heterocycles. The second-order valence-corrected chi connectivity index (χ2v) is 0.720. The third-order valence-corrected chi connectivity index (χ3v) is 0.297. The van der Waals surface area contributed by atoms with E-state index in [0.29, 0.717) is 0 Å². The van der Waals surface area contributed by atoms with Crippen molar-refractivity contribution in [2.45, 2.75) is 6.92 Å². The summed E-state index contributed by atoms with van der Waals surface area (Å²) in [7, 11) is 0. The lowest BCUT2D eigenvalue weighted by Crippen LogP contribution is -1.87. The minimum atomic E-state index is 1.69. The molecule has 2 nitrogen and oxygen atoms in total. The van der Waals surface area contributed by atoms with Crippen LogP contribution in [-0.4, -0.2) is 0 Å². The first-order valence-corrected chi connectivity index (χ1v) is 1.69. The lowest BCUT2D eigenvalue weighted by atomic mass is 10.6. The molecular weight excluding hydrogens is 90.1 g/mol. The van der Waals surface area contributed by atoms with Crippen molar-refractivity contribution in [2.24, 2.45) is 5.90 Å². The van der Waals surface area contributed by atoms with Crippen LogP contribution in [0.2, 0.25) is 0 Å². The van der Waals surface area contributed by atoms with Gasteiger partial charge in [0, 0.05) is 5.92 Å². The highest BCUT2D eigenvalue weighted by molar-refractivity contribution is 5.22. The van der Waals surface area contributed by atoms with Crippen LogP contribution >= 0.6 is 0 Å². The highest BCUT2D eigenvalue weighted by atomic mass is 16.6. The summed E-state index contributed by atoms with van der Waals surface area (Å²) in [6.45, 7) is 1.69. The van der Waals surface area contributed by atoms with Gasteiger partial charge in [-0.1, -0.05) is 5.92 Å². The molecule has 0 aromatic carbocycles. The highest BCUT2D eigenvalue weighted by Crippen LogP contribution is 1.49. The van der Waals surface area contributed by atoms with Crippen molar-refractivity contribution in [1.82, 2.24) is 0 Å². The zero-order valence-electron chi connectivity index (χ0n) is 3.99. The molecule has 0 aliphatic carbocycles. The Morgan fingerprint density at radius 3 is 2.57 bits per heavy atom. The second kappa shape index (κ2) is 4.88.